The highest BCUT2D eigenvalue weighted by Crippen LogP contribution is 2.34. The monoisotopic (exact) mass is 476 g/mol. The van der Waals surface area contributed by atoms with Gasteiger partial charge in [0.2, 0.25) is 11.7 Å². The number of hydrogen-bond donors (Lipinski definition) is 2. The average molecular weight is 477 g/mol. The van der Waals surface area contributed by atoms with Crippen LogP contribution in [-0.2, 0) is 4.79 Å². The number of ether oxygens (including phenoxy) is 1. The van der Waals surface area contributed by atoms with E-state index in [1.165, 1.54) is 0 Å². The van der Waals surface area contributed by atoms with E-state index >= 15 is 0 Å². The molecule has 0 aliphatic carbocycles. The molecule has 0 saturated carbocycles. The minimum absolute atomic E-state index is 0.0206. The maximum atomic E-state index is 13.8. The number of rotatable bonds is 7. The second-order valence-corrected chi connectivity index (χ2v) is 8.23. The molecular formula is C30H24N2O4. The van der Waals surface area contributed by atoms with E-state index in [1.807, 2.05) is 78.9 Å². The smallest absolute Gasteiger partial charge is 0.293 e. The molecule has 5 aromatic rings. The minimum atomic E-state index is -0.574. The minimum Gasteiger partial charge on any atom is -0.497 e. The number of methoxy groups -OCH3 is 1. The van der Waals surface area contributed by atoms with Gasteiger partial charge in [-0.25, -0.2) is 0 Å². The second kappa shape index (κ2) is 10.2. The van der Waals surface area contributed by atoms with Gasteiger partial charge in [0, 0.05) is 17.1 Å². The first-order valence-electron chi connectivity index (χ1n) is 11.5. The van der Waals surface area contributed by atoms with Crippen molar-refractivity contribution in [2.75, 3.05) is 17.7 Å². The molecule has 4 aromatic carbocycles. The Balaban J connectivity index is 1.52. The van der Waals surface area contributed by atoms with Gasteiger partial charge in [-0.05, 0) is 35.4 Å². The highest BCUT2D eigenvalue weighted by Gasteiger charge is 2.27. The predicted molar refractivity (Wildman–Crippen MR) is 141 cm³/mol. The summed E-state index contributed by atoms with van der Waals surface area (Å²) in [4.78, 5) is 27.1. The molecule has 5 rings (SSSR count). The molecule has 0 aliphatic heterocycles. The molecule has 0 aliphatic rings. The summed E-state index contributed by atoms with van der Waals surface area (Å²) >= 11 is 0. The van der Waals surface area contributed by atoms with Crippen LogP contribution >= 0.6 is 0 Å². The van der Waals surface area contributed by atoms with Crippen molar-refractivity contribution in [1.29, 1.82) is 0 Å². The Bertz CT molecular complexity index is 1470. The van der Waals surface area contributed by atoms with Crippen molar-refractivity contribution in [1.82, 2.24) is 0 Å². The fraction of sp³-hybridized carbons (Fsp3) is 0.0667. The van der Waals surface area contributed by atoms with Crippen LogP contribution < -0.4 is 15.4 Å². The van der Waals surface area contributed by atoms with Crippen molar-refractivity contribution in [2.45, 2.75) is 5.92 Å². The lowest BCUT2D eigenvalue weighted by Crippen LogP contribution is -2.23. The van der Waals surface area contributed by atoms with Crippen LogP contribution in [0.15, 0.2) is 114 Å². The van der Waals surface area contributed by atoms with Gasteiger partial charge in [-0.1, -0.05) is 78.9 Å². The Hall–Kier alpha value is -4.84. The van der Waals surface area contributed by atoms with Crippen molar-refractivity contribution in [2.24, 2.45) is 0 Å². The number of nitrogens with one attached hydrogen (secondary N) is 2. The molecule has 2 amide bonds. The lowest BCUT2D eigenvalue weighted by Gasteiger charge is -2.18. The maximum absolute atomic E-state index is 13.8. The van der Waals surface area contributed by atoms with E-state index in [2.05, 4.69) is 10.6 Å². The molecule has 0 bridgehead atoms. The lowest BCUT2D eigenvalue weighted by molar-refractivity contribution is -0.116. The molecule has 1 aromatic heterocycles. The summed E-state index contributed by atoms with van der Waals surface area (Å²) in [6, 6.07) is 33.4. The Morgan fingerprint density at radius 2 is 1.39 bits per heavy atom. The Morgan fingerprint density at radius 3 is 2.06 bits per heavy atom. The van der Waals surface area contributed by atoms with Gasteiger partial charge in [-0.15, -0.1) is 0 Å². The molecule has 0 atom stereocenters. The third-order valence-corrected chi connectivity index (χ3v) is 5.91. The summed E-state index contributed by atoms with van der Waals surface area (Å²) in [6.07, 6.45) is 0. The van der Waals surface area contributed by atoms with E-state index in [-0.39, 0.29) is 11.7 Å². The molecule has 0 spiro atoms. The molecule has 0 saturated heterocycles. The van der Waals surface area contributed by atoms with Crippen molar-refractivity contribution in [3.8, 4) is 5.75 Å². The third kappa shape index (κ3) is 4.70. The number of carbonyl (C=O) groups excluding carboxylic acids is 2. The molecule has 2 N–H and O–H groups in total. The molecule has 0 fully saturated rings. The topological polar surface area (TPSA) is 80.6 Å². The van der Waals surface area contributed by atoms with Crippen molar-refractivity contribution >= 4 is 34.2 Å². The molecule has 36 heavy (non-hydrogen) atoms. The lowest BCUT2D eigenvalue weighted by atomic mass is 9.90. The Kier molecular flexibility index (Phi) is 6.49. The van der Waals surface area contributed by atoms with Gasteiger partial charge < -0.3 is 19.8 Å². The fourth-order valence-electron chi connectivity index (χ4n) is 4.20. The fourth-order valence-corrected chi connectivity index (χ4v) is 4.20. The highest BCUT2D eigenvalue weighted by atomic mass is 16.5. The van der Waals surface area contributed by atoms with E-state index < -0.39 is 11.8 Å². The van der Waals surface area contributed by atoms with Gasteiger partial charge in [0.15, 0.2) is 0 Å². The normalized spacial score (nSPS) is 10.8. The number of fused-ring (bicyclic) bond motifs is 1. The van der Waals surface area contributed by atoms with Crippen molar-refractivity contribution in [3.63, 3.8) is 0 Å². The molecule has 1 heterocycles. The van der Waals surface area contributed by atoms with Crippen LogP contribution in [0.5, 0.6) is 5.75 Å². The average Bonchev–Trinajstić information content (AvgIpc) is 3.28. The van der Waals surface area contributed by atoms with Crippen molar-refractivity contribution < 1.29 is 18.7 Å². The Labute approximate surface area is 208 Å². The zero-order valence-corrected chi connectivity index (χ0v) is 19.6. The zero-order chi connectivity index (χ0) is 24.9. The number of amides is 2. The van der Waals surface area contributed by atoms with E-state index in [0.29, 0.717) is 28.1 Å². The van der Waals surface area contributed by atoms with Gasteiger partial charge in [-0.3, -0.25) is 9.59 Å². The molecular weight excluding hydrogens is 452 g/mol. The standard InChI is InChI=1S/C30H24N2O4/c1-35-23-16-10-15-22(19-23)31-30(34)28-27(24-17-8-9-18-25(24)36-28)32-29(33)26(20-11-4-2-5-12-20)21-13-6-3-7-14-21/h2-19,26H,1H3,(H,31,34)(H,32,33). The third-order valence-electron chi connectivity index (χ3n) is 5.91. The van der Waals surface area contributed by atoms with Gasteiger partial charge in [0.1, 0.15) is 17.0 Å². The number of furan rings is 1. The number of para-hydroxylation sites is 1. The second-order valence-electron chi connectivity index (χ2n) is 8.23. The molecule has 6 nitrogen and oxygen atoms in total. The van der Waals surface area contributed by atoms with Crippen LogP contribution in [0.2, 0.25) is 0 Å². The summed E-state index contributed by atoms with van der Waals surface area (Å²) in [5.74, 6) is -0.692. The van der Waals surface area contributed by atoms with E-state index in [1.54, 1.807) is 37.4 Å². The predicted octanol–water partition coefficient (Wildman–Crippen LogP) is 6.46. The Morgan fingerprint density at radius 1 is 0.750 bits per heavy atom. The van der Waals surface area contributed by atoms with Gasteiger partial charge in [0.05, 0.1) is 13.0 Å². The summed E-state index contributed by atoms with van der Waals surface area (Å²) in [6.45, 7) is 0. The van der Waals surface area contributed by atoms with E-state index in [9.17, 15) is 9.59 Å². The number of carbonyl (C=O) groups is 2. The van der Waals surface area contributed by atoms with Gasteiger partial charge in [0.25, 0.3) is 5.91 Å². The quantitative estimate of drug-likeness (QED) is 0.282. The maximum Gasteiger partial charge on any atom is 0.293 e. The van der Waals surface area contributed by atoms with Crippen LogP contribution in [-0.4, -0.2) is 18.9 Å². The summed E-state index contributed by atoms with van der Waals surface area (Å²) < 4.78 is 11.2. The van der Waals surface area contributed by atoms with Crippen LogP contribution in [0.1, 0.15) is 27.6 Å². The number of benzene rings is 4. The molecule has 0 unspecified atom stereocenters. The zero-order valence-electron chi connectivity index (χ0n) is 19.6. The first kappa shape index (κ1) is 22.9. The van der Waals surface area contributed by atoms with Crippen LogP contribution in [0.25, 0.3) is 11.0 Å². The summed E-state index contributed by atoms with van der Waals surface area (Å²) in [5, 5.41) is 6.48. The molecule has 6 heteroatoms. The number of hydrogen-bond acceptors (Lipinski definition) is 4. The highest BCUT2D eigenvalue weighted by molar-refractivity contribution is 6.15. The van der Waals surface area contributed by atoms with Gasteiger partial charge in [-0.2, -0.15) is 0 Å². The summed E-state index contributed by atoms with van der Waals surface area (Å²) in [7, 11) is 1.56. The van der Waals surface area contributed by atoms with Crippen LogP contribution in [0, 0.1) is 0 Å². The summed E-state index contributed by atoms with van der Waals surface area (Å²) in [5.41, 5.74) is 3.06. The largest absolute Gasteiger partial charge is 0.497 e. The van der Waals surface area contributed by atoms with Crippen molar-refractivity contribution in [3.05, 3.63) is 126 Å². The first-order valence-corrected chi connectivity index (χ1v) is 11.5. The van der Waals surface area contributed by atoms with Gasteiger partial charge >= 0.3 is 0 Å². The SMILES string of the molecule is COc1cccc(NC(=O)c2oc3ccccc3c2NC(=O)C(c2ccccc2)c2ccccc2)c1. The number of anilines is 2. The molecule has 0 radical (unpaired) electrons. The van der Waals surface area contributed by atoms with Crippen LogP contribution in [0.4, 0.5) is 11.4 Å². The van der Waals surface area contributed by atoms with Crippen LogP contribution in [0.3, 0.4) is 0 Å². The van der Waals surface area contributed by atoms with E-state index in [0.717, 1.165) is 11.1 Å². The first-order chi connectivity index (χ1) is 17.6. The van der Waals surface area contributed by atoms with E-state index in [4.69, 9.17) is 9.15 Å². The molecule has 178 valence electrons.